The van der Waals surface area contributed by atoms with Crippen LogP contribution in [0.4, 0.5) is 0 Å². The summed E-state index contributed by atoms with van der Waals surface area (Å²) in [5.74, 6) is 0.387. The van der Waals surface area contributed by atoms with Gasteiger partial charge in [-0.05, 0) is 62.4 Å². The number of ketones is 1. The second-order valence-electron chi connectivity index (χ2n) is 8.41. The zero-order valence-electron chi connectivity index (χ0n) is 16.7. The van der Waals surface area contributed by atoms with Gasteiger partial charge in [0.05, 0.1) is 24.3 Å². The Bertz CT molecular complexity index is 936. The van der Waals surface area contributed by atoms with E-state index in [-0.39, 0.29) is 23.8 Å². The first kappa shape index (κ1) is 18.9. The topological polar surface area (TPSA) is 69.3 Å². The number of carbonyl (C=O) groups is 1. The number of nitriles is 1. The fourth-order valence-electron chi connectivity index (χ4n) is 4.93. The van der Waals surface area contributed by atoms with Crippen molar-refractivity contribution in [3.05, 3.63) is 52.8 Å². The summed E-state index contributed by atoms with van der Waals surface area (Å²) in [5.41, 5.74) is 4.38. The molecule has 1 aromatic carbocycles. The smallest absolute Gasteiger partial charge is 0.178 e. The van der Waals surface area contributed by atoms with E-state index in [0.29, 0.717) is 18.2 Å². The monoisotopic (exact) mass is 377 g/mol. The second-order valence-corrected chi connectivity index (χ2v) is 8.41. The molecule has 3 heterocycles. The molecule has 2 bridgehead atoms. The zero-order chi connectivity index (χ0) is 20.0. The van der Waals surface area contributed by atoms with Crippen molar-refractivity contribution in [3.63, 3.8) is 0 Å². The largest absolute Gasteiger partial charge is 0.391 e. The van der Waals surface area contributed by atoms with Crippen molar-refractivity contribution in [3.8, 4) is 11.8 Å². The van der Waals surface area contributed by atoms with E-state index >= 15 is 0 Å². The first-order valence-corrected chi connectivity index (χ1v) is 10.1. The zero-order valence-corrected chi connectivity index (χ0v) is 16.7. The summed E-state index contributed by atoms with van der Waals surface area (Å²) in [6.07, 6.45) is 2.57. The minimum Gasteiger partial charge on any atom is -0.391 e. The fraction of sp³-hybridized carbons (Fsp3) is 0.478. The first-order valence-electron chi connectivity index (χ1n) is 10.1. The number of Topliss-reactive ketones (excluding diaryl/α,β-unsaturated/α-hetero) is 1. The average molecular weight is 377 g/mol. The molecule has 28 heavy (non-hydrogen) atoms. The standard InChI is InChI=1S/C23H27N3O2/c1-14(2)21-11-19(15(3)26(21)17-6-4-16(12-24)5-7-17)23(28)13-25-18-8-9-20(25)22(27)10-18/h4-7,11,14,18,20,22,27H,8-10,13H2,1-3H3/t18?,20?,22-/m0/s1. The van der Waals surface area contributed by atoms with E-state index in [0.717, 1.165) is 41.9 Å². The molecular formula is C23H27N3O2. The highest BCUT2D eigenvalue weighted by atomic mass is 16.3. The molecule has 0 amide bonds. The Hall–Kier alpha value is -2.42. The lowest BCUT2D eigenvalue weighted by Gasteiger charge is -2.21. The summed E-state index contributed by atoms with van der Waals surface area (Å²) in [5, 5.41) is 19.2. The van der Waals surface area contributed by atoms with Crippen LogP contribution in [0, 0.1) is 18.3 Å². The number of aliphatic hydroxyl groups excluding tert-OH is 1. The lowest BCUT2D eigenvalue weighted by molar-refractivity contribution is 0.0873. The number of hydrogen-bond donors (Lipinski definition) is 1. The van der Waals surface area contributed by atoms with Gasteiger partial charge in [0.2, 0.25) is 0 Å². The number of rotatable bonds is 5. The number of carbonyl (C=O) groups excluding carboxylic acids is 1. The molecule has 0 radical (unpaired) electrons. The van der Waals surface area contributed by atoms with Crippen LogP contribution >= 0.6 is 0 Å². The predicted octanol–water partition coefficient (Wildman–Crippen LogP) is 3.56. The van der Waals surface area contributed by atoms with Crippen LogP contribution in [-0.4, -0.2) is 45.1 Å². The minimum atomic E-state index is -0.290. The van der Waals surface area contributed by atoms with Gasteiger partial charge in [0.25, 0.3) is 0 Å². The molecule has 5 nitrogen and oxygen atoms in total. The summed E-state index contributed by atoms with van der Waals surface area (Å²) < 4.78 is 2.13. The van der Waals surface area contributed by atoms with Gasteiger partial charge < -0.3 is 9.67 Å². The van der Waals surface area contributed by atoms with Gasteiger partial charge in [-0.3, -0.25) is 9.69 Å². The maximum atomic E-state index is 13.2. The van der Waals surface area contributed by atoms with Gasteiger partial charge in [-0.1, -0.05) is 13.8 Å². The molecule has 2 unspecified atom stereocenters. The van der Waals surface area contributed by atoms with Crippen molar-refractivity contribution in [1.29, 1.82) is 5.26 Å². The Balaban J connectivity index is 1.66. The van der Waals surface area contributed by atoms with Crippen LogP contribution in [0.1, 0.15) is 66.3 Å². The highest BCUT2D eigenvalue weighted by Gasteiger charge is 2.46. The minimum absolute atomic E-state index is 0.123. The van der Waals surface area contributed by atoms with Crippen LogP contribution in [-0.2, 0) is 0 Å². The van der Waals surface area contributed by atoms with E-state index in [1.165, 1.54) is 0 Å². The lowest BCUT2D eigenvalue weighted by Crippen LogP contribution is -2.36. The number of aliphatic hydroxyl groups is 1. The SMILES string of the molecule is Cc1c(C(=O)CN2C3CCC2[C@@H](O)C3)cc(C(C)C)n1-c1ccc(C#N)cc1. The molecule has 2 aromatic rings. The molecule has 2 saturated heterocycles. The maximum Gasteiger partial charge on any atom is 0.178 e. The summed E-state index contributed by atoms with van der Waals surface area (Å²) in [4.78, 5) is 15.4. The Labute approximate surface area is 166 Å². The van der Waals surface area contributed by atoms with Crippen molar-refractivity contribution in [2.75, 3.05) is 6.54 Å². The number of aromatic nitrogens is 1. The fourth-order valence-corrected chi connectivity index (χ4v) is 4.93. The molecule has 2 fully saturated rings. The van der Waals surface area contributed by atoms with Crippen LogP contribution in [0.2, 0.25) is 0 Å². The number of nitrogens with zero attached hydrogens (tertiary/aromatic N) is 3. The third-order valence-electron chi connectivity index (χ3n) is 6.40. The van der Waals surface area contributed by atoms with E-state index in [4.69, 9.17) is 5.26 Å². The van der Waals surface area contributed by atoms with E-state index < -0.39 is 0 Å². The molecule has 2 aliphatic heterocycles. The summed E-state index contributed by atoms with van der Waals surface area (Å²) in [6.45, 7) is 6.62. The van der Waals surface area contributed by atoms with Crippen molar-refractivity contribution < 1.29 is 9.90 Å². The summed E-state index contributed by atoms with van der Waals surface area (Å²) >= 11 is 0. The van der Waals surface area contributed by atoms with Gasteiger partial charge in [-0.2, -0.15) is 5.26 Å². The molecule has 2 aliphatic rings. The van der Waals surface area contributed by atoms with E-state index in [1.807, 2.05) is 37.3 Å². The Kier molecular flexibility index (Phi) is 4.86. The second kappa shape index (κ2) is 7.20. The van der Waals surface area contributed by atoms with E-state index in [2.05, 4.69) is 29.4 Å². The van der Waals surface area contributed by atoms with Crippen LogP contribution in [0.3, 0.4) is 0 Å². The van der Waals surface area contributed by atoms with Crippen molar-refractivity contribution in [1.82, 2.24) is 9.47 Å². The first-order chi connectivity index (χ1) is 13.4. The maximum absolute atomic E-state index is 13.2. The Morgan fingerprint density at radius 2 is 2.00 bits per heavy atom. The molecule has 0 saturated carbocycles. The molecule has 5 heteroatoms. The molecular weight excluding hydrogens is 350 g/mol. The van der Waals surface area contributed by atoms with Crippen molar-refractivity contribution in [2.45, 2.75) is 64.1 Å². The van der Waals surface area contributed by atoms with Crippen LogP contribution in [0.25, 0.3) is 5.69 Å². The van der Waals surface area contributed by atoms with E-state index in [9.17, 15) is 9.90 Å². The van der Waals surface area contributed by atoms with Gasteiger partial charge in [0, 0.05) is 34.7 Å². The molecule has 3 atom stereocenters. The van der Waals surface area contributed by atoms with Gasteiger partial charge in [-0.15, -0.1) is 0 Å². The van der Waals surface area contributed by atoms with Crippen molar-refractivity contribution >= 4 is 5.78 Å². The lowest BCUT2D eigenvalue weighted by atomic mass is 9.98. The summed E-state index contributed by atoms with van der Waals surface area (Å²) in [6, 6.07) is 12.1. The van der Waals surface area contributed by atoms with Gasteiger partial charge in [-0.25, -0.2) is 0 Å². The molecule has 1 N–H and O–H groups in total. The highest BCUT2D eigenvalue weighted by molar-refractivity contribution is 5.99. The normalized spacial score (nSPS) is 24.1. The quantitative estimate of drug-likeness (QED) is 0.809. The molecule has 4 rings (SSSR count). The molecule has 146 valence electrons. The average Bonchev–Trinajstić information content (AvgIpc) is 3.32. The Morgan fingerprint density at radius 1 is 1.29 bits per heavy atom. The highest BCUT2D eigenvalue weighted by Crippen LogP contribution is 2.38. The van der Waals surface area contributed by atoms with Gasteiger partial charge >= 0.3 is 0 Å². The van der Waals surface area contributed by atoms with Crippen molar-refractivity contribution in [2.24, 2.45) is 0 Å². The number of benzene rings is 1. The van der Waals surface area contributed by atoms with E-state index in [1.54, 1.807) is 0 Å². The Morgan fingerprint density at radius 3 is 2.54 bits per heavy atom. The van der Waals surface area contributed by atoms with Gasteiger partial charge in [0.1, 0.15) is 0 Å². The molecule has 0 spiro atoms. The van der Waals surface area contributed by atoms with Crippen LogP contribution in [0.5, 0.6) is 0 Å². The van der Waals surface area contributed by atoms with Crippen LogP contribution in [0.15, 0.2) is 30.3 Å². The number of fused-ring (bicyclic) bond motifs is 2. The van der Waals surface area contributed by atoms with Crippen LogP contribution < -0.4 is 0 Å². The molecule has 1 aromatic heterocycles. The molecule has 0 aliphatic carbocycles. The summed E-state index contributed by atoms with van der Waals surface area (Å²) in [7, 11) is 0. The van der Waals surface area contributed by atoms with Gasteiger partial charge in [0.15, 0.2) is 5.78 Å². The predicted molar refractivity (Wildman–Crippen MR) is 108 cm³/mol. The third-order valence-corrected chi connectivity index (χ3v) is 6.40. The number of hydrogen-bond acceptors (Lipinski definition) is 4. The third kappa shape index (κ3) is 3.07.